The highest BCUT2D eigenvalue weighted by Gasteiger charge is 2.14. The van der Waals surface area contributed by atoms with Gasteiger partial charge >= 0.3 is 0 Å². The van der Waals surface area contributed by atoms with E-state index in [0.717, 1.165) is 5.92 Å². The molecule has 2 heteroatoms. The Morgan fingerprint density at radius 1 is 1.40 bits per heavy atom. The number of hydrogen-bond acceptors (Lipinski definition) is 1. The van der Waals surface area contributed by atoms with Crippen molar-refractivity contribution in [1.29, 1.82) is 0 Å². The second-order valence-electron chi connectivity index (χ2n) is 3.22. The molecule has 1 nitrogen and oxygen atoms in total. The third-order valence-electron chi connectivity index (χ3n) is 2.36. The lowest BCUT2D eigenvalue weighted by Gasteiger charge is -2.28. The molecular weight excluding hydrogens is 237 g/mol. The van der Waals surface area contributed by atoms with Gasteiger partial charge in [-0.3, -0.25) is 0 Å². The molecule has 0 unspecified atom stereocenters. The van der Waals surface area contributed by atoms with Gasteiger partial charge in [0.15, 0.2) is 0 Å². The van der Waals surface area contributed by atoms with Crippen LogP contribution in [0.4, 0.5) is 0 Å². The van der Waals surface area contributed by atoms with Gasteiger partial charge in [0.05, 0.1) is 0 Å². The number of nitrogens with zero attached hydrogens (tertiary/aromatic N) is 1. The maximum atomic E-state index is 2.48. The first-order chi connectivity index (χ1) is 4.83. The fourth-order valence-electron chi connectivity index (χ4n) is 1.51. The van der Waals surface area contributed by atoms with Crippen LogP contribution in [0.15, 0.2) is 0 Å². The van der Waals surface area contributed by atoms with Crippen LogP contribution in [0.25, 0.3) is 0 Å². The first-order valence-electron chi connectivity index (χ1n) is 4.07. The van der Waals surface area contributed by atoms with Gasteiger partial charge in [0.2, 0.25) is 0 Å². The van der Waals surface area contributed by atoms with Crippen molar-refractivity contribution in [3.05, 3.63) is 0 Å². The lowest BCUT2D eigenvalue weighted by molar-refractivity contribution is 0.217. The van der Waals surface area contributed by atoms with Crippen LogP contribution in [-0.2, 0) is 0 Å². The van der Waals surface area contributed by atoms with Crippen molar-refractivity contribution >= 4 is 22.6 Å². The van der Waals surface area contributed by atoms with E-state index in [1.807, 2.05) is 0 Å². The minimum Gasteiger partial charge on any atom is -0.306 e. The van der Waals surface area contributed by atoms with E-state index in [4.69, 9.17) is 0 Å². The second kappa shape index (κ2) is 4.54. The van der Waals surface area contributed by atoms with Gasteiger partial charge < -0.3 is 4.90 Å². The molecule has 0 N–H and O–H groups in total. The standard InChI is InChI=1S/C8H16IN/c1-10-6-3-8(2-5-9)4-7-10/h8H,2-7H2,1H3. The minimum absolute atomic E-state index is 1.04. The summed E-state index contributed by atoms with van der Waals surface area (Å²) in [7, 11) is 2.22. The zero-order chi connectivity index (χ0) is 7.40. The van der Waals surface area contributed by atoms with Gasteiger partial charge in [0.1, 0.15) is 0 Å². The number of halogens is 1. The Morgan fingerprint density at radius 3 is 2.50 bits per heavy atom. The number of alkyl halides is 1. The van der Waals surface area contributed by atoms with E-state index in [0.29, 0.717) is 0 Å². The molecule has 0 saturated carbocycles. The van der Waals surface area contributed by atoms with Crippen molar-refractivity contribution in [2.75, 3.05) is 24.6 Å². The van der Waals surface area contributed by atoms with Crippen LogP contribution in [0.5, 0.6) is 0 Å². The molecule has 0 aromatic heterocycles. The molecule has 1 fully saturated rings. The number of hydrogen-bond donors (Lipinski definition) is 0. The smallest absolute Gasteiger partial charge is 0.000208 e. The van der Waals surface area contributed by atoms with Gasteiger partial charge in [-0.1, -0.05) is 22.6 Å². The summed E-state index contributed by atoms with van der Waals surface area (Å²) in [6.07, 6.45) is 4.30. The van der Waals surface area contributed by atoms with E-state index < -0.39 is 0 Å². The third kappa shape index (κ3) is 2.74. The topological polar surface area (TPSA) is 3.24 Å². The molecule has 0 atom stereocenters. The average molecular weight is 253 g/mol. The molecule has 0 spiro atoms. The molecule has 60 valence electrons. The fourth-order valence-corrected chi connectivity index (χ4v) is 2.39. The Morgan fingerprint density at radius 2 is 2.00 bits per heavy atom. The molecular formula is C8H16IN. The van der Waals surface area contributed by atoms with Crippen LogP contribution in [0.1, 0.15) is 19.3 Å². The molecule has 1 heterocycles. The van der Waals surface area contributed by atoms with Gasteiger partial charge in [0.25, 0.3) is 0 Å². The molecule has 0 aliphatic carbocycles. The van der Waals surface area contributed by atoms with E-state index in [1.165, 1.54) is 36.8 Å². The third-order valence-corrected chi connectivity index (χ3v) is 2.98. The minimum atomic E-state index is 1.04. The summed E-state index contributed by atoms with van der Waals surface area (Å²) >= 11 is 2.48. The van der Waals surface area contributed by atoms with Crippen molar-refractivity contribution in [1.82, 2.24) is 4.90 Å². The zero-order valence-corrected chi connectivity index (χ0v) is 8.80. The Labute approximate surface area is 77.3 Å². The lowest BCUT2D eigenvalue weighted by Crippen LogP contribution is -2.30. The van der Waals surface area contributed by atoms with Crippen molar-refractivity contribution < 1.29 is 0 Å². The molecule has 0 bridgehead atoms. The van der Waals surface area contributed by atoms with Gasteiger partial charge in [0, 0.05) is 0 Å². The van der Waals surface area contributed by atoms with E-state index in [2.05, 4.69) is 34.5 Å². The number of rotatable bonds is 2. The SMILES string of the molecule is CN1CCC(CCI)CC1. The van der Waals surface area contributed by atoms with E-state index in [-0.39, 0.29) is 0 Å². The molecule has 1 rings (SSSR count). The molecule has 0 amide bonds. The number of piperidine rings is 1. The molecule has 1 saturated heterocycles. The van der Waals surface area contributed by atoms with Crippen molar-refractivity contribution in [2.24, 2.45) is 5.92 Å². The summed E-state index contributed by atoms with van der Waals surface area (Å²) in [6, 6.07) is 0. The second-order valence-corrected chi connectivity index (χ2v) is 4.30. The van der Waals surface area contributed by atoms with Crippen molar-refractivity contribution in [3.63, 3.8) is 0 Å². The van der Waals surface area contributed by atoms with Crippen LogP contribution >= 0.6 is 22.6 Å². The Hall–Kier alpha value is 0.690. The van der Waals surface area contributed by atoms with Crippen molar-refractivity contribution in [2.45, 2.75) is 19.3 Å². The lowest BCUT2D eigenvalue weighted by atomic mass is 9.95. The maximum Gasteiger partial charge on any atom is -0.000208 e. The Bertz CT molecular complexity index is 87.3. The van der Waals surface area contributed by atoms with Gasteiger partial charge in [-0.25, -0.2) is 0 Å². The van der Waals surface area contributed by atoms with Crippen LogP contribution in [0.3, 0.4) is 0 Å². The largest absolute Gasteiger partial charge is 0.306 e. The summed E-state index contributed by atoms with van der Waals surface area (Å²) < 4.78 is 1.34. The van der Waals surface area contributed by atoms with Gasteiger partial charge in [-0.2, -0.15) is 0 Å². The highest BCUT2D eigenvalue weighted by Crippen LogP contribution is 2.19. The molecule has 1 aliphatic rings. The monoisotopic (exact) mass is 253 g/mol. The van der Waals surface area contributed by atoms with E-state index >= 15 is 0 Å². The molecule has 0 aromatic rings. The predicted octanol–water partition coefficient (Wildman–Crippen LogP) is 2.15. The first-order valence-corrected chi connectivity index (χ1v) is 5.60. The van der Waals surface area contributed by atoms with Crippen molar-refractivity contribution in [3.8, 4) is 0 Å². The Kier molecular flexibility index (Phi) is 3.99. The van der Waals surface area contributed by atoms with Gasteiger partial charge in [-0.15, -0.1) is 0 Å². The first kappa shape index (κ1) is 8.78. The summed E-state index contributed by atoms with van der Waals surface area (Å²) in [5.74, 6) is 1.04. The molecule has 10 heavy (non-hydrogen) atoms. The summed E-state index contributed by atoms with van der Waals surface area (Å²) in [5, 5.41) is 0. The molecule has 1 aliphatic heterocycles. The number of likely N-dealkylation sites (tertiary alicyclic amines) is 1. The maximum absolute atomic E-state index is 2.48. The van der Waals surface area contributed by atoms with Crippen LogP contribution in [0, 0.1) is 5.92 Å². The summed E-state index contributed by atoms with van der Waals surface area (Å²) in [6.45, 7) is 2.64. The Balaban J connectivity index is 2.13. The average Bonchev–Trinajstić information content (AvgIpc) is 1.95. The highest BCUT2D eigenvalue weighted by atomic mass is 127. The van der Waals surface area contributed by atoms with E-state index in [1.54, 1.807) is 0 Å². The summed E-state index contributed by atoms with van der Waals surface area (Å²) in [5.41, 5.74) is 0. The highest BCUT2D eigenvalue weighted by molar-refractivity contribution is 14.1. The quantitative estimate of drug-likeness (QED) is 0.538. The fraction of sp³-hybridized carbons (Fsp3) is 1.00. The normalized spacial score (nSPS) is 23.4. The zero-order valence-electron chi connectivity index (χ0n) is 6.65. The van der Waals surface area contributed by atoms with E-state index in [9.17, 15) is 0 Å². The predicted molar refractivity (Wildman–Crippen MR) is 53.7 cm³/mol. The molecule has 0 aromatic carbocycles. The summed E-state index contributed by atoms with van der Waals surface area (Å²) in [4.78, 5) is 2.43. The van der Waals surface area contributed by atoms with Crippen LogP contribution < -0.4 is 0 Å². The van der Waals surface area contributed by atoms with Gasteiger partial charge in [-0.05, 0) is 49.7 Å². The van der Waals surface area contributed by atoms with Crippen LogP contribution in [-0.4, -0.2) is 29.5 Å². The molecule has 0 radical (unpaired) electrons. The van der Waals surface area contributed by atoms with Crippen LogP contribution in [0.2, 0.25) is 0 Å².